The summed E-state index contributed by atoms with van der Waals surface area (Å²) in [6.07, 6.45) is -3.89. The Morgan fingerprint density at radius 3 is 2.74 bits per heavy atom. The van der Waals surface area contributed by atoms with Crippen LogP contribution in [-0.4, -0.2) is 30.7 Å². The number of rotatable bonds is 8. The van der Waals surface area contributed by atoms with E-state index in [9.17, 15) is 22.8 Å². The summed E-state index contributed by atoms with van der Waals surface area (Å²) in [6, 6.07) is 5.73. The Bertz CT molecular complexity index is 789. The summed E-state index contributed by atoms with van der Waals surface area (Å²) < 4.78 is 52.6. The quantitative estimate of drug-likeness (QED) is 0.554. The minimum Gasteiger partial charge on any atom is -0.486 e. The van der Waals surface area contributed by atoms with Crippen molar-refractivity contribution in [1.82, 2.24) is 10.5 Å². The molecule has 1 heterocycles. The van der Waals surface area contributed by atoms with Crippen LogP contribution in [0.4, 0.5) is 13.2 Å². The molecule has 1 N–H and O–H groups in total. The van der Waals surface area contributed by atoms with Crippen LogP contribution in [-0.2, 0) is 22.3 Å². The third-order valence-corrected chi connectivity index (χ3v) is 3.40. The maximum absolute atomic E-state index is 12.7. The number of hydrogen-bond donors (Lipinski definition) is 1. The van der Waals surface area contributed by atoms with E-state index in [1.165, 1.54) is 25.3 Å². The number of carbonyl (C=O) groups is 2. The van der Waals surface area contributed by atoms with Crippen molar-refractivity contribution in [2.24, 2.45) is 0 Å². The fourth-order valence-electron chi connectivity index (χ4n) is 2.03. The highest BCUT2D eigenvalue weighted by Gasteiger charge is 2.30. The summed E-state index contributed by atoms with van der Waals surface area (Å²) in [5.74, 6) is -0.698. The van der Waals surface area contributed by atoms with Crippen molar-refractivity contribution in [2.75, 3.05) is 13.7 Å². The van der Waals surface area contributed by atoms with Crippen molar-refractivity contribution in [3.8, 4) is 5.75 Å². The van der Waals surface area contributed by atoms with Gasteiger partial charge in [-0.3, -0.25) is 9.59 Å². The van der Waals surface area contributed by atoms with Gasteiger partial charge in [-0.2, -0.15) is 13.2 Å². The molecule has 0 saturated heterocycles. The smallest absolute Gasteiger partial charge is 0.416 e. The van der Waals surface area contributed by atoms with Crippen LogP contribution in [0.2, 0.25) is 0 Å². The number of amides is 1. The van der Waals surface area contributed by atoms with Gasteiger partial charge in [0.25, 0.3) is 5.91 Å². The first-order valence-corrected chi connectivity index (χ1v) is 7.90. The Balaban J connectivity index is 1.83. The minimum absolute atomic E-state index is 0.00397. The van der Waals surface area contributed by atoms with E-state index in [-0.39, 0.29) is 42.7 Å². The van der Waals surface area contributed by atoms with Crippen LogP contribution >= 0.6 is 0 Å². The molecule has 1 aromatic carbocycles. The first-order valence-electron chi connectivity index (χ1n) is 7.90. The average Bonchev–Trinajstić information content (AvgIpc) is 3.12. The van der Waals surface area contributed by atoms with E-state index in [1.807, 2.05) is 0 Å². The van der Waals surface area contributed by atoms with Gasteiger partial charge in [-0.15, -0.1) is 0 Å². The number of aromatic nitrogens is 1. The first kappa shape index (κ1) is 20.3. The van der Waals surface area contributed by atoms with Gasteiger partial charge in [0.2, 0.25) is 0 Å². The normalized spacial score (nSPS) is 11.1. The van der Waals surface area contributed by atoms with Crippen molar-refractivity contribution in [3.63, 3.8) is 0 Å². The molecule has 0 atom stereocenters. The molecular weight excluding hydrogens is 369 g/mol. The number of methoxy groups -OCH3 is 1. The molecule has 0 bridgehead atoms. The highest BCUT2D eigenvalue weighted by Crippen LogP contribution is 2.31. The lowest BCUT2D eigenvalue weighted by molar-refractivity contribution is -0.140. The summed E-state index contributed by atoms with van der Waals surface area (Å²) >= 11 is 0. The summed E-state index contributed by atoms with van der Waals surface area (Å²) in [6.45, 7) is 0.0563. The fourth-order valence-corrected chi connectivity index (χ4v) is 2.03. The Labute approximate surface area is 152 Å². The van der Waals surface area contributed by atoms with Crippen LogP contribution in [0.1, 0.15) is 34.7 Å². The molecule has 0 aliphatic rings. The number of ether oxygens (including phenoxy) is 2. The highest BCUT2D eigenvalue weighted by molar-refractivity contribution is 5.92. The molecule has 0 aliphatic carbocycles. The molecular formula is C17H17F3N2O5. The van der Waals surface area contributed by atoms with Gasteiger partial charge in [0.05, 0.1) is 12.7 Å². The first-order chi connectivity index (χ1) is 12.8. The molecule has 2 aromatic rings. The molecule has 0 unspecified atom stereocenters. The lowest BCUT2D eigenvalue weighted by Gasteiger charge is -2.09. The summed E-state index contributed by atoms with van der Waals surface area (Å²) in [7, 11) is 1.28. The predicted molar refractivity (Wildman–Crippen MR) is 85.9 cm³/mol. The molecule has 0 radical (unpaired) electrons. The van der Waals surface area contributed by atoms with Gasteiger partial charge in [-0.1, -0.05) is 11.2 Å². The zero-order valence-electron chi connectivity index (χ0n) is 14.3. The Morgan fingerprint density at radius 1 is 1.26 bits per heavy atom. The van der Waals surface area contributed by atoms with Gasteiger partial charge in [-0.05, 0) is 24.6 Å². The van der Waals surface area contributed by atoms with Crippen molar-refractivity contribution in [1.29, 1.82) is 0 Å². The third-order valence-electron chi connectivity index (χ3n) is 3.40. The van der Waals surface area contributed by atoms with Crippen LogP contribution < -0.4 is 10.1 Å². The van der Waals surface area contributed by atoms with Gasteiger partial charge in [0.15, 0.2) is 11.5 Å². The largest absolute Gasteiger partial charge is 0.486 e. The van der Waals surface area contributed by atoms with E-state index in [0.29, 0.717) is 6.42 Å². The third kappa shape index (κ3) is 6.32. The average molecular weight is 386 g/mol. The van der Waals surface area contributed by atoms with E-state index in [2.05, 4.69) is 15.2 Å². The Morgan fingerprint density at radius 2 is 2.04 bits per heavy atom. The monoisotopic (exact) mass is 386 g/mol. The van der Waals surface area contributed by atoms with Crippen LogP contribution in [0.25, 0.3) is 0 Å². The van der Waals surface area contributed by atoms with Gasteiger partial charge in [0, 0.05) is 19.0 Å². The summed E-state index contributed by atoms with van der Waals surface area (Å²) in [5, 5.41) is 6.13. The standard InChI is InChI=1S/C17H17F3N2O5/c1-25-15(23)6-3-7-21-16(24)14-9-13(27-22-14)10-26-12-5-2-4-11(8-12)17(18,19)20/h2,4-5,8-9H,3,6-7,10H2,1H3,(H,21,24). The van der Waals surface area contributed by atoms with Crippen molar-refractivity contribution >= 4 is 11.9 Å². The number of nitrogens with one attached hydrogen (secondary N) is 1. The summed E-state index contributed by atoms with van der Waals surface area (Å²) in [5.41, 5.74) is -0.833. The molecule has 0 saturated carbocycles. The van der Waals surface area contributed by atoms with Gasteiger partial charge >= 0.3 is 12.1 Å². The van der Waals surface area contributed by atoms with E-state index < -0.39 is 17.6 Å². The van der Waals surface area contributed by atoms with Crippen LogP contribution in [0.15, 0.2) is 34.9 Å². The maximum atomic E-state index is 12.7. The maximum Gasteiger partial charge on any atom is 0.416 e. The van der Waals surface area contributed by atoms with Gasteiger partial charge < -0.3 is 19.3 Å². The zero-order valence-corrected chi connectivity index (χ0v) is 14.3. The molecule has 27 heavy (non-hydrogen) atoms. The zero-order chi connectivity index (χ0) is 19.9. The second-order valence-corrected chi connectivity index (χ2v) is 5.43. The molecule has 1 aromatic heterocycles. The minimum atomic E-state index is -4.47. The molecule has 146 valence electrons. The van der Waals surface area contributed by atoms with Crippen molar-refractivity contribution < 1.29 is 36.8 Å². The van der Waals surface area contributed by atoms with Gasteiger partial charge in [0.1, 0.15) is 12.4 Å². The number of nitrogens with zero attached hydrogens (tertiary/aromatic N) is 1. The highest BCUT2D eigenvalue weighted by atomic mass is 19.4. The van der Waals surface area contributed by atoms with Gasteiger partial charge in [-0.25, -0.2) is 0 Å². The van der Waals surface area contributed by atoms with Crippen LogP contribution in [0, 0.1) is 0 Å². The second kappa shape index (κ2) is 9.06. The molecule has 0 spiro atoms. The topological polar surface area (TPSA) is 90.7 Å². The molecule has 0 fully saturated rings. The van der Waals surface area contributed by atoms with E-state index in [1.54, 1.807) is 0 Å². The lowest BCUT2D eigenvalue weighted by atomic mass is 10.2. The molecule has 0 aliphatic heterocycles. The number of halogens is 3. The van der Waals surface area contributed by atoms with E-state index in [4.69, 9.17) is 9.26 Å². The number of benzene rings is 1. The molecule has 10 heteroatoms. The number of carbonyl (C=O) groups excluding carboxylic acids is 2. The number of esters is 1. The Hall–Kier alpha value is -3.04. The second-order valence-electron chi connectivity index (χ2n) is 5.43. The fraction of sp³-hybridized carbons (Fsp3) is 0.353. The molecule has 2 rings (SSSR count). The van der Waals surface area contributed by atoms with E-state index in [0.717, 1.165) is 12.1 Å². The van der Waals surface area contributed by atoms with Crippen LogP contribution in [0.5, 0.6) is 5.75 Å². The molecule has 7 nitrogen and oxygen atoms in total. The van der Waals surface area contributed by atoms with Crippen molar-refractivity contribution in [3.05, 3.63) is 47.3 Å². The van der Waals surface area contributed by atoms with E-state index >= 15 is 0 Å². The Kier molecular flexibility index (Phi) is 6.80. The lowest BCUT2D eigenvalue weighted by Crippen LogP contribution is -2.25. The summed E-state index contributed by atoms with van der Waals surface area (Å²) in [4.78, 5) is 22.8. The number of hydrogen-bond acceptors (Lipinski definition) is 6. The number of alkyl halides is 3. The van der Waals surface area contributed by atoms with Crippen molar-refractivity contribution in [2.45, 2.75) is 25.6 Å². The molecule has 1 amide bonds. The van der Waals surface area contributed by atoms with Crippen LogP contribution in [0.3, 0.4) is 0 Å². The predicted octanol–water partition coefficient (Wildman–Crippen LogP) is 2.96. The SMILES string of the molecule is COC(=O)CCCNC(=O)c1cc(COc2cccc(C(F)(F)F)c2)on1.